The van der Waals surface area contributed by atoms with Crippen molar-refractivity contribution in [3.05, 3.63) is 85.9 Å². The fourth-order valence-corrected chi connectivity index (χ4v) is 3.80. The van der Waals surface area contributed by atoms with Crippen LogP contribution in [0.3, 0.4) is 0 Å². The van der Waals surface area contributed by atoms with E-state index in [1.54, 1.807) is 34.1 Å². The van der Waals surface area contributed by atoms with E-state index >= 15 is 0 Å². The van der Waals surface area contributed by atoms with Crippen LogP contribution in [0.5, 0.6) is 0 Å². The number of nitrogens with zero attached hydrogens (tertiary/aromatic N) is 2. The van der Waals surface area contributed by atoms with Crippen LogP contribution in [0.25, 0.3) is 5.65 Å². The van der Waals surface area contributed by atoms with Gasteiger partial charge < -0.3 is 5.32 Å². The van der Waals surface area contributed by atoms with Crippen molar-refractivity contribution < 1.29 is 4.79 Å². The summed E-state index contributed by atoms with van der Waals surface area (Å²) >= 11 is 12.8. The second-order valence-electron chi connectivity index (χ2n) is 5.65. The molecule has 0 aliphatic carbocycles. The lowest BCUT2D eigenvalue weighted by atomic mass is 10.0. The van der Waals surface area contributed by atoms with Gasteiger partial charge in [0.1, 0.15) is 0 Å². The molecule has 0 fully saturated rings. The third kappa shape index (κ3) is 3.29. The lowest BCUT2D eigenvalue weighted by Crippen LogP contribution is -2.29. The number of carbonyl (C=O) groups excluding carboxylic acids is 1. The van der Waals surface area contributed by atoms with Crippen molar-refractivity contribution in [2.45, 2.75) is 6.04 Å². The zero-order valence-corrected chi connectivity index (χ0v) is 15.7. The molecule has 4 rings (SSSR count). The minimum absolute atomic E-state index is 0.191. The molecule has 1 unspecified atom stereocenters. The van der Waals surface area contributed by atoms with Crippen LogP contribution in [-0.4, -0.2) is 20.5 Å². The Bertz CT molecular complexity index is 1120. The molecule has 3 heterocycles. The molecule has 1 aromatic carbocycles. The van der Waals surface area contributed by atoms with E-state index in [1.165, 1.54) is 0 Å². The molecule has 1 amide bonds. The summed E-state index contributed by atoms with van der Waals surface area (Å²) in [6.07, 6.45) is 1.68. The van der Waals surface area contributed by atoms with Crippen molar-refractivity contribution in [1.29, 1.82) is 0 Å². The Morgan fingerprint density at radius 1 is 1.23 bits per heavy atom. The normalized spacial score (nSPS) is 12.2. The van der Waals surface area contributed by atoms with Crippen LogP contribution in [0.1, 0.15) is 26.8 Å². The van der Waals surface area contributed by atoms with Gasteiger partial charge in [0.15, 0.2) is 10.4 Å². The van der Waals surface area contributed by atoms with Crippen LogP contribution in [0.15, 0.2) is 60.1 Å². The molecule has 0 aliphatic heterocycles. The van der Waals surface area contributed by atoms with Crippen molar-refractivity contribution in [3.63, 3.8) is 0 Å². The number of hydrogen-bond donors (Lipinski definition) is 2. The van der Waals surface area contributed by atoms with E-state index < -0.39 is 0 Å². The van der Waals surface area contributed by atoms with E-state index in [1.807, 2.05) is 41.8 Å². The average molecular weight is 401 g/mol. The second kappa shape index (κ2) is 7.03. The van der Waals surface area contributed by atoms with Gasteiger partial charge in [-0.2, -0.15) is 5.10 Å². The minimum Gasteiger partial charge on any atom is -0.340 e. The number of pyridine rings is 1. The molecule has 130 valence electrons. The Kier molecular flexibility index (Phi) is 4.58. The topological polar surface area (TPSA) is 62.2 Å². The van der Waals surface area contributed by atoms with Gasteiger partial charge in [-0.1, -0.05) is 29.8 Å². The summed E-state index contributed by atoms with van der Waals surface area (Å²) < 4.78 is 2.12. The van der Waals surface area contributed by atoms with Gasteiger partial charge in [-0.15, -0.1) is 11.3 Å². The second-order valence-corrected chi connectivity index (χ2v) is 7.45. The first-order valence-electron chi connectivity index (χ1n) is 7.78. The van der Waals surface area contributed by atoms with E-state index in [0.29, 0.717) is 21.0 Å². The van der Waals surface area contributed by atoms with Crippen molar-refractivity contribution >= 4 is 46.7 Å². The zero-order chi connectivity index (χ0) is 18.1. The SMILES string of the molecule is O=C(NC(c1ccc(Cl)cc1)c1cccs1)c1ccc2n[nH]c(=S)n2c1. The van der Waals surface area contributed by atoms with E-state index in [2.05, 4.69) is 15.5 Å². The number of amides is 1. The summed E-state index contributed by atoms with van der Waals surface area (Å²) in [5, 5.41) is 12.5. The summed E-state index contributed by atoms with van der Waals surface area (Å²) in [5.74, 6) is -0.191. The molecule has 26 heavy (non-hydrogen) atoms. The molecule has 0 aliphatic rings. The number of fused-ring (bicyclic) bond motifs is 1. The third-order valence-electron chi connectivity index (χ3n) is 3.98. The molecule has 0 saturated carbocycles. The van der Waals surface area contributed by atoms with Crippen molar-refractivity contribution in [3.8, 4) is 0 Å². The highest BCUT2D eigenvalue weighted by atomic mass is 35.5. The smallest absolute Gasteiger partial charge is 0.253 e. The van der Waals surface area contributed by atoms with Crippen molar-refractivity contribution in [1.82, 2.24) is 19.9 Å². The van der Waals surface area contributed by atoms with Crippen LogP contribution in [0.4, 0.5) is 0 Å². The minimum atomic E-state index is -0.257. The van der Waals surface area contributed by atoms with Crippen LogP contribution < -0.4 is 5.32 Å². The molecule has 0 bridgehead atoms. The van der Waals surface area contributed by atoms with E-state index in [-0.39, 0.29) is 11.9 Å². The fraction of sp³-hybridized carbons (Fsp3) is 0.0556. The van der Waals surface area contributed by atoms with Gasteiger partial charge in [0.25, 0.3) is 5.91 Å². The average Bonchev–Trinajstić information content (AvgIpc) is 3.30. The fourth-order valence-electron chi connectivity index (χ4n) is 2.68. The highest BCUT2D eigenvalue weighted by molar-refractivity contribution is 7.71. The first-order chi connectivity index (χ1) is 12.6. The molecule has 5 nitrogen and oxygen atoms in total. The van der Waals surface area contributed by atoms with Crippen LogP contribution >= 0.6 is 35.2 Å². The Balaban J connectivity index is 1.68. The maximum absolute atomic E-state index is 12.9. The first-order valence-corrected chi connectivity index (χ1v) is 9.45. The highest BCUT2D eigenvalue weighted by Crippen LogP contribution is 2.27. The van der Waals surface area contributed by atoms with Gasteiger partial charge in [0.2, 0.25) is 0 Å². The van der Waals surface area contributed by atoms with E-state index in [9.17, 15) is 4.79 Å². The number of hydrogen-bond acceptors (Lipinski definition) is 4. The van der Waals surface area contributed by atoms with Gasteiger partial charge in [-0.3, -0.25) is 14.3 Å². The van der Waals surface area contributed by atoms with E-state index in [0.717, 1.165) is 10.4 Å². The zero-order valence-electron chi connectivity index (χ0n) is 13.3. The number of aromatic amines is 1. The molecule has 0 spiro atoms. The lowest BCUT2D eigenvalue weighted by molar-refractivity contribution is 0.0943. The Morgan fingerprint density at radius 2 is 2.04 bits per heavy atom. The molecule has 2 N–H and O–H groups in total. The number of aromatic nitrogens is 3. The number of rotatable bonds is 4. The van der Waals surface area contributed by atoms with Gasteiger partial charge in [0, 0.05) is 16.1 Å². The molecule has 1 atom stereocenters. The first kappa shape index (κ1) is 17.0. The van der Waals surface area contributed by atoms with Crippen molar-refractivity contribution in [2.75, 3.05) is 0 Å². The highest BCUT2D eigenvalue weighted by Gasteiger charge is 2.19. The third-order valence-corrected chi connectivity index (χ3v) is 5.46. The standard InChI is InChI=1S/C18H13ClN4OS2/c19-13-6-3-11(4-7-13)16(14-2-1-9-26-14)20-17(24)12-5-8-15-21-22-18(25)23(15)10-12/h1-10,16H,(H,20,24)(H,22,25). The summed E-state index contributed by atoms with van der Waals surface area (Å²) in [6.45, 7) is 0. The maximum Gasteiger partial charge on any atom is 0.253 e. The maximum atomic E-state index is 12.9. The Labute approximate surface area is 163 Å². The molecule has 4 aromatic rings. The molecule has 8 heteroatoms. The number of thiophene rings is 1. The monoisotopic (exact) mass is 400 g/mol. The number of nitrogens with one attached hydrogen (secondary N) is 2. The lowest BCUT2D eigenvalue weighted by Gasteiger charge is -2.18. The molecular weight excluding hydrogens is 388 g/mol. The summed E-state index contributed by atoms with van der Waals surface area (Å²) in [5.41, 5.74) is 2.13. The molecule has 0 radical (unpaired) electrons. The molecular formula is C18H13ClN4OS2. The molecule has 3 aromatic heterocycles. The summed E-state index contributed by atoms with van der Waals surface area (Å²) in [4.78, 5) is 13.9. The van der Waals surface area contributed by atoms with Crippen molar-refractivity contribution in [2.24, 2.45) is 0 Å². The van der Waals surface area contributed by atoms with Gasteiger partial charge in [-0.25, -0.2) is 0 Å². The van der Waals surface area contributed by atoms with Crippen LogP contribution in [-0.2, 0) is 0 Å². The number of carbonyl (C=O) groups is 1. The van der Waals surface area contributed by atoms with Gasteiger partial charge >= 0.3 is 0 Å². The van der Waals surface area contributed by atoms with Crippen LogP contribution in [0.2, 0.25) is 5.02 Å². The van der Waals surface area contributed by atoms with E-state index in [4.69, 9.17) is 23.8 Å². The largest absolute Gasteiger partial charge is 0.340 e. The Morgan fingerprint density at radius 3 is 2.77 bits per heavy atom. The number of halogens is 1. The predicted molar refractivity (Wildman–Crippen MR) is 105 cm³/mol. The summed E-state index contributed by atoms with van der Waals surface area (Å²) in [7, 11) is 0. The van der Waals surface area contributed by atoms with Crippen LogP contribution in [0, 0.1) is 4.77 Å². The summed E-state index contributed by atoms with van der Waals surface area (Å²) in [6, 6.07) is 14.7. The Hall–Kier alpha value is -2.48. The quantitative estimate of drug-likeness (QED) is 0.491. The van der Waals surface area contributed by atoms with Gasteiger partial charge in [-0.05, 0) is 53.5 Å². The number of benzene rings is 1. The number of H-pyrrole nitrogens is 1. The van der Waals surface area contributed by atoms with Gasteiger partial charge in [0.05, 0.1) is 11.6 Å². The molecule has 0 saturated heterocycles. The predicted octanol–water partition coefficient (Wildman–Crippen LogP) is 4.63.